The van der Waals surface area contributed by atoms with Gasteiger partial charge in [0.1, 0.15) is 6.07 Å². The predicted octanol–water partition coefficient (Wildman–Crippen LogP) is 2.66. The Morgan fingerprint density at radius 1 is 1.50 bits per heavy atom. The van der Waals surface area contributed by atoms with Crippen LogP contribution in [0, 0.1) is 21.4 Å². The Bertz CT molecular complexity index is 605. The van der Waals surface area contributed by atoms with E-state index in [1.165, 1.54) is 13.0 Å². The van der Waals surface area contributed by atoms with E-state index in [1.54, 1.807) is 0 Å². The van der Waals surface area contributed by atoms with E-state index in [2.05, 4.69) is 4.74 Å². The lowest BCUT2D eigenvalue weighted by Crippen LogP contribution is -2.13. The normalized spacial score (nSPS) is 10.8. The SMILES string of the molecule is CCOC(=O)c1c(C#N)cc(C(F)(F)F)cc1[N+](=O)[O-]. The van der Waals surface area contributed by atoms with Crippen LogP contribution in [0.2, 0.25) is 0 Å². The number of nitro groups is 1. The summed E-state index contributed by atoms with van der Waals surface area (Å²) >= 11 is 0. The van der Waals surface area contributed by atoms with Crippen molar-refractivity contribution in [2.45, 2.75) is 13.1 Å². The summed E-state index contributed by atoms with van der Waals surface area (Å²) in [6.07, 6.45) is -4.87. The van der Waals surface area contributed by atoms with Crippen LogP contribution in [0.25, 0.3) is 0 Å². The highest BCUT2D eigenvalue weighted by molar-refractivity contribution is 5.96. The maximum Gasteiger partial charge on any atom is 0.416 e. The topological polar surface area (TPSA) is 93.2 Å². The minimum atomic E-state index is -4.87. The molecule has 0 amide bonds. The molecule has 0 aliphatic rings. The summed E-state index contributed by atoms with van der Waals surface area (Å²) in [5.41, 5.74) is -4.04. The van der Waals surface area contributed by atoms with Crippen molar-refractivity contribution in [1.82, 2.24) is 0 Å². The van der Waals surface area contributed by atoms with Gasteiger partial charge >= 0.3 is 12.1 Å². The molecule has 0 fully saturated rings. The molecular formula is C11H7F3N2O4. The summed E-state index contributed by atoms with van der Waals surface area (Å²) in [7, 11) is 0. The quantitative estimate of drug-likeness (QED) is 0.484. The van der Waals surface area contributed by atoms with Gasteiger partial charge in [-0.15, -0.1) is 0 Å². The molecule has 20 heavy (non-hydrogen) atoms. The number of benzene rings is 1. The van der Waals surface area contributed by atoms with Crippen LogP contribution in [0.4, 0.5) is 18.9 Å². The van der Waals surface area contributed by atoms with E-state index in [9.17, 15) is 28.1 Å². The fraction of sp³-hybridized carbons (Fsp3) is 0.273. The van der Waals surface area contributed by atoms with Gasteiger partial charge in [0, 0.05) is 6.07 Å². The minimum absolute atomic E-state index is 0.137. The average molecular weight is 288 g/mol. The van der Waals surface area contributed by atoms with Gasteiger partial charge in [0.25, 0.3) is 5.69 Å². The highest BCUT2D eigenvalue weighted by atomic mass is 19.4. The van der Waals surface area contributed by atoms with E-state index in [4.69, 9.17) is 5.26 Å². The number of rotatable bonds is 3. The van der Waals surface area contributed by atoms with Crippen LogP contribution < -0.4 is 0 Å². The first-order valence-electron chi connectivity index (χ1n) is 5.19. The fourth-order valence-corrected chi connectivity index (χ4v) is 1.44. The molecule has 0 atom stereocenters. The lowest BCUT2D eigenvalue weighted by molar-refractivity contribution is -0.385. The van der Waals surface area contributed by atoms with Gasteiger partial charge in [0.2, 0.25) is 0 Å². The molecule has 0 bridgehead atoms. The Balaban J connectivity index is 3.63. The van der Waals surface area contributed by atoms with Gasteiger partial charge in [-0.3, -0.25) is 10.1 Å². The third-order valence-corrected chi connectivity index (χ3v) is 2.24. The molecule has 0 aromatic heterocycles. The predicted molar refractivity (Wildman–Crippen MR) is 58.8 cm³/mol. The second-order valence-electron chi connectivity index (χ2n) is 3.51. The zero-order valence-electron chi connectivity index (χ0n) is 10.0. The van der Waals surface area contributed by atoms with Gasteiger partial charge in [-0.05, 0) is 13.0 Å². The molecule has 0 aliphatic heterocycles. The van der Waals surface area contributed by atoms with Gasteiger partial charge in [0.05, 0.1) is 22.7 Å². The summed E-state index contributed by atoms with van der Waals surface area (Å²) in [6, 6.07) is 1.91. The van der Waals surface area contributed by atoms with Crippen molar-refractivity contribution in [3.05, 3.63) is 38.9 Å². The van der Waals surface area contributed by atoms with Crippen LogP contribution in [0.15, 0.2) is 12.1 Å². The zero-order valence-corrected chi connectivity index (χ0v) is 10.0. The maximum atomic E-state index is 12.6. The Labute approximate surface area is 110 Å². The summed E-state index contributed by atoms with van der Waals surface area (Å²) in [5, 5.41) is 19.6. The molecule has 1 rings (SSSR count). The highest BCUT2D eigenvalue weighted by Crippen LogP contribution is 2.35. The molecule has 9 heteroatoms. The van der Waals surface area contributed by atoms with Crippen LogP contribution in [-0.2, 0) is 10.9 Å². The van der Waals surface area contributed by atoms with E-state index < -0.39 is 39.4 Å². The van der Waals surface area contributed by atoms with E-state index >= 15 is 0 Å². The second-order valence-corrected chi connectivity index (χ2v) is 3.51. The van der Waals surface area contributed by atoms with Crippen molar-refractivity contribution >= 4 is 11.7 Å². The van der Waals surface area contributed by atoms with Crippen molar-refractivity contribution in [2.75, 3.05) is 6.61 Å². The first kappa shape index (κ1) is 15.4. The summed E-state index contributed by atoms with van der Waals surface area (Å²) < 4.78 is 42.3. The first-order valence-corrected chi connectivity index (χ1v) is 5.19. The van der Waals surface area contributed by atoms with Crippen molar-refractivity contribution in [1.29, 1.82) is 5.26 Å². The van der Waals surface area contributed by atoms with Gasteiger partial charge in [-0.1, -0.05) is 0 Å². The van der Waals surface area contributed by atoms with E-state index in [0.29, 0.717) is 6.07 Å². The second kappa shape index (κ2) is 5.56. The first-order chi connectivity index (χ1) is 9.22. The number of nitriles is 1. The third-order valence-electron chi connectivity index (χ3n) is 2.24. The number of nitro benzene ring substituents is 1. The van der Waals surface area contributed by atoms with E-state index in [0.717, 1.165) is 0 Å². The number of esters is 1. The molecule has 0 N–H and O–H groups in total. The monoisotopic (exact) mass is 288 g/mol. The van der Waals surface area contributed by atoms with Crippen LogP contribution in [0.3, 0.4) is 0 Å². The van der Waals surface area contributed by atoms with Crippen molar-refractivity contribution in [2.24, 2.45) is 0 Å². The summed E-state index contributed by atoms with van der Waals surface area (Å²) in [4.78, 5) is 21.2. The van der Waals surface area contributed by atoms with Gasteiger partial charge in [-0.25, -0.2) is 4.79 Å². The smallest absolute Gasteiger partial charge is 0.416 e. The Morgan fingerprint density at radius 3 is 2.50 bits per heavy atom. The molecule has 0 radical (unpaired) electrons. The fourth-order valence-electron chi connectivity index (χ4n) is 1.44. The molecule has 1 aromatic carbocycles. The standard InChI is InChI=1S/C11H7F3N2O4/c1-2-20-10(17)9-6(5-15)3-7(11(12,13)14)4-8(9)16(18)19/h3-4H,2H2,1H3. The number of nitrogens with zero attached hydrogens (tertiary/aromatic N) is 2. The molecule has 0 saturated heterocycles. The van der Waals surface area contributed by atoms with Crippen molar-refractivity contribution < 1.29 is 27.6 Å². The van der Waals surface area contributed by atoms with Crippen LogP contribution in [0.1, 0.15) is 28.4 Å². The number of hydrogen-bond donors (Lipinski definition) is 0. The van der Waals surface area contributed by atoms with Gasteiger partial charge in [-0.2, -0.15) is 18.4 Å². The maximum absolute atomic E-state index is 12.6. The lowest BCUT2D eigenvalue weighted by atomic mass is 10.0. The zero-order chi connectivity index (χ0) is 15.5. The highest BCUT2D eigenvalue weighted by Gasteiger charge is 2.36. The van der Waals surface area contributed by atoms with E-state index in [1.807, 2.05) is 0 Å². The van der Waals surface area contributed by atoms with Crippen molar-refractivity contribution in [3.63, 3.8) is 0 Å². The molecule has 6 nitrogen and oxygen atoms in total. The molecule has 106 valence electrons. The number of alkyl halides is 3. The lowest BCUT2D eigenvalue weighted by Gasteiger charge is -2.10. The Kier molecular flexibility index (Phi) is 4.29. The van der Waals surface area contributed by atoms with Crippen LogP contribution in [-0.4, -0.2) is 17.5 Å². The number of ether oxygens (including phenoxy) is 1. The number of carbonyl (C=O) groups excluding carboxylic acids is 1. The molecule has 0 spiro atoms. The Hall–Kier alpha value is -2.63. The van der Waals surface area contributed by atoms with Crippen LogP contribution >= 0.6 is 0 Å². The molecular weight excluding hydrogens is 281 g/mol. The summed E-state index contributed by atoms with van der Waals surface area (Å²) in [6.45, 7) is 1.28. The number of carbonyl (C=O) groups is 1. The average Bonchev–Trinajstić information content (AvgIpc) is 2.36. The number of hydrogen-bond acceptors (Lipinski definition) is 5. The molecule has 0 unspecified atom stereocenters. The Morgan fingerprint density at radius 2 is 2.10 bits per heavy atom. The molecule has 1 aromatic rings. The minimum Gasteiger partial charge on any atom is -0.462 e. The van der Waals surface area contributed by atoms with Crippen LogP contribution in [0.5, 0.6) is 0 Å². The molecule has 0 heterocycles. The molecule has 0 saturated carbocycles. The largest absolute Gasteiger partial charge is 0.462 e. The van der Waals surface area contributed by atoms with E-state index in [-0.39, 0.29) is 12.7 Å². The van der Waals surface area contributed by atoms with Gasteiger partial charge < -0.3 is 4.74 Å². The van der Waals surface area contributed by atoms with Crippen molar-refractivity contribution in [3.8, 4) is 6.07 Å². The number of halogens is 3. The van der Waals surface area contributed by atoms with Gasteiger partial charge in [0.15, 0.2) is 5.56 Å². The summed E-state index contributed by atoms with van der Waals surface area (Å²) in [5.74, 6) is -1.22. The molecule has 0 aliphatic carbocycles. The third kappa shape index (κ3) is 3.03.